The summed E-state index contributed by atoms with van der Waals surface area (Å²) in [5.41, 5.74) is 1.84. The number of carbonyl (C=O) groups excluding carboxylic acids is 1. The molecular formula is C40H29Cl2N15O19S6. The van der Waals surface area contributed by atoms with Gasteiger partial charge in [0.25, 0.3) is 60.7 Å². The molecule has 0 amide bonds. The molecule has 2 heterocycles. The topological polar surface area (TPSA) is 544 Å². The number of allylic oxidation sites excluding steroid dienone is 1. The van der Waals surface area contributed by atoms with Gasteiger partial charge in [-0.15, -0.1) is 10.2 Å². The monoisotopic (exact) mass is 1280 g/mol. The quantitative estimate of drug-likeness (QED) is 0.0219. The highest BCUT2D eigenvalue weighted by atomic mass is 35.5. The zero-order chi connectivity index (χ0) is 60.1. The number of anilines is 10. The number of Topliss-reactive ketones (excluding diaryl/α,β-unsaturated/α-hetero) is 1. The molecule has 0 saturated heterocycles. The zero-order valence-corrected chi connectivity index (χ0v) is 45.9. The number of hydrogen-bond donors (Lipinski definition) is 12. The van der Waals surface area contributed by atoms with Gasteiger partial charge in [0.2, 0.25) is 40.1 Å². The minimum Gasteiger partial charge on any atom is -0.396 e. The van der Waals surface area contributed by atoms with Gasteiger partial charge in [-0.25, -0.2) is 0 Å². The maximum absolute atomic E-state index is 14.4. The summed E-state index contributed by atoms with van der Waals surface area (Å²) >= 11 is 12.2. The number of benzene rings is 5. The highest BCUT2D eigenvalue weighted by molar-refractivity contribution is 7.91. The van der Waals surface area contributed by atoms with E-state index in [9.17, 15) is 82.6 Å². The lowest BCUT2D eigenvalue weighted by Gasteiger charge is -2.20. The van der Waals surface area contributed by atoms with Crippen molar-refractivity contribution in [1.82, 2.24) is 29.9 Å². The number of hydrogen-bond acceptors (Lipinski definition) is 28. The minimum absolute atomic E-state index is 0.148. The van der Waals surface area contributed by atoms with Gasteiger partial charge in [0.05, 0.1) is 26.7 Å². The van der Waals surface area contributed by atoms with E-state index >= 15 is 0 Å². The van der Waals surface area contributed by atoms with Gasteiger partial charge in [-0.2, -0.15) is 85.5 Å². The van der Waals surface area contributed by atoms with E-state index in [2.05, 4.69) is 71.9 Å². The van der Waals surface area contributed by atoms with Crippen LogP contribution in [0, 0.1) is 0 Å². The Hall–Kier alpha value is -8.36. The molecular weight excluding hydrogens is 1260 g/mol. The number of nitrogens with one attached hydrogen (secondary N) is 5. The second kappa shape index (κ2) is 22.2. The molecule has 0 radical (unpaired) electrons. The third kappa shape index (κ3) is 14.0. The molecule has 5 aromatic carbocycles. The number of nitrogens with two attached hydrogens (primary N) is 1. The van der Waals surface area contributed by atoms with Crippen LogP contribution in [0.15, 0.2) is 136 Å². The number of fused-ring (bicyclic) bond motifs is 1. The molecule has 0 spiro atoms. The first-order valence-corrected chi connectivity index (χ1v) is 30.6. The van der Waals surface area contributed by atoms with Crippen LogP contribution in [-0.2, 0) is 60.7 Å². The summed E-state index contributed by atoms with van der Waals surface area (Å²) in [4.78, 5) is 32.6. The minimum atomic E-state index is -5.59. The molecule has 0 aliphatic heterocycles. The Bertz CT molecular complexity index is 4660. The lowest BCUT2D eigenvalue weighted by atomic mass is 9.92. The highest BCUT2D eigenvalue weighted by Gasteiger charge is 2.37. The Balaban J connectivity index is 1.14. The summed E-state index contributed by atoms with van der Waals surface area (Å²) in [6, 6.07) is 15.0. The van der Waals surface area contributed by atoms with Crippen LogP contribution in [0.2, 0.25) is 10.6 Å². The Morgan fingerprint density at radius 1 is 0.463 bits per heavy atom. The van der Waals surface area contributed by atoms with Crippen molar-refractivity contribution in [2.24, 2.45) is 15.3 Å². The second-order valence-corrected chi connectivity index (χ2v) is 25.1. The van der Waals surface area contributed by atoms with Gasteiger partial charge in [0.1, 0.15) is 31.0 Å². The van der Waals surface area contributed by atoms with E-state index in [-0.39, 0.29) is 46.5 Å². The molecule has 0 unspecified atom stereocenters. The fourth-order valence-corrected chi connectivity index (χ4v) is 10.8. The predicted octanol–water partition coefficient (Wildman–Crippen LogP) is 5.46. The lowest BCUT2D eigenvalue weighted by molar-refractivity contribution is 0.106. The molecule has 7 aromatic rings. The molecule has 13 N–H and O–H groups in total. The Kier molecular flexibility index (Phi) is 16.2. The van der Waals surface area contributed by atoms with Gasteiger partial charge in [-0.3, -0.25) is 37.5 Å². The summed E-state index contributed by atoms with van der Waals surface area (Å²) in [5, 5.41) is 20.9. The standard InChI is InChI=1S/C40H29Cl2N15O19S6/c41-35-48-37(44-18-1-7-22(8-2-18)77(59,60)61)52-39(50-35)46-20-5-11-26(79(65,66)67)24(15-20)54-56-32-28(81(71,72)73)13-17-14-29(82(74,75)76)33(34(58)30(17)31(32)43)57-55-25-16-21(6-12-27(25)80(68,69)70)47-40-51-36(42)49-38(53-40)45-19-3-9-23(10-4-19)78(62,63)64/h1-16,55H,43H2,(H,59,60,61)(H,62,63,64)(H,65,66,67)(H,68,69,70)(H,71,72,73)(H,74,75,76)(H2,44,46,48,50,52)(H2,45,47,49,51,53)/b56-54?,57-33+. The maximum atomic E-state index is 14.4. The first-order chi connectivity index (χ1) is 38.0. The summed E-state index contributed by atoms with van der Waals surface area (Å²) in [7, 11) is -30.7. The molecule has 34 nitrogen and oxygen atoms in total. The van der Waals surface area contributed by atoms with Gasteiger partial charge < -0.3 is 27.0 Å². The molecule has 2 aromatic heterocycles. The molecule has 0 atom stereocenters. The van der Waals surface area contributed by atoms with E-state index in [4.69, 9.17) is 28.9 Å². The maximum Gasteiger partial charge on any atom is 0.296 e. The third-order valence-electron chi connectivity index (χ3n) is 10.4. The Morgan fingerprint density at radius 3 is 1.30 bits per heavy atom. The smallest absolute Gasteiger partial charge is 0.296 e. The van der Waals surface area contributed by atoms with Crippen molar-refractivity contribution in [3.05, 3.63) is 118 Å². The summed E-state index contributed by atoms with van der Waals surface area (Å²) in [5.74, 6) is -2.79. The number of ketones is 1. The molecule has 0 saturated carbocycles. The SMILES string of the molecule is Nc1c(N=Nc2cc(Nc3nc(Cl)nc(Nc4ccc(S(=O)(=O)O)cc4)n3)ccc2S(=O)(=O)O)c(S(=O)(=O)O)cc2c1C(=O)/C(=N/Nc1cc(Nc3nc(Cl)nc(Nc4ccc(S(=O)(=O)O)cc4)n3)ccc1S(=O)(=O)O)C(S(=O)(=O)O)=C2. The van der Waals surface area contributed by atoms with Crippen molar-refractivity contribution in [1.29, 1.82) is 0 Å². The number of rotatable bonds is 18. The summed E-state index contributed by atoms with van der Waals surface area (Å²) in [6.07, 6.45) is 0.457. The summed E-state index contributed by atoms with van der Waals surface area (Å²) in [6.45, 7) is 0. The van der Waals surface area contributed by atoms with Crippen molar-refractivity contribution in [3.63, 3.8) is 0 Å². The fraction of sp³-hybridized carbons (Fsp3) is 0. The molecule has 82 heavy (non-hydrogen) atoms. The van der Waals surface area contributed by atoms with Gasteiger partial charge in [0, 0.05) is 22.7 Å². The molecule has 0 fully saturated rings. The van der Waals surface area contributed by atoms with E-state index in [0.717, 1.165) is 60.7 Å². The van der Waals surface area contributed by atoms with Crippen molar-refractivity contribution in [2.45, 2.75) is 24.5 Å². The molecule has 1 aliphatic carbocycles. The van der Waals surface area contributed by atoms with Gasteiger partial charge >= 0.3 is 0 Å². The van der Waals surface area contributed by atoms with E-state index in [1.807, 2.05) is 0 Å². The van der Waals surface area contributed by atoms with E-state index in [0.29, 0.717) is 12.1 Å². The first-order valence-electron chi connectivity index (χ1n) is 21.2. The van der Waals surface area contributed by atoms with Crippen LogP contribution in [0.25, 0.3) is 6.08 Å². The zero-order valence-electron chi connectivity index (χ0n) is 39.5. The number of nitrogens with zero attached hydrogens (tertiary/aromatic N) is 9. The number of halogens is 2. The van der Waals surface area contributed by atoms with Crippen molar-refractivity contribution < 1.29 is 82.6 Å². The number of azo groups is 1. The van der Waals surface area contributed by atoms with Crippen LogP contribution >= 0.6 is 23.2 Å². The predicted molar refractivity (Wildman–Crippen MR) is 288 cm³/mol. The van der Waals surface area contributed by atoms with E-state index in [1.54, 1.807) is 0 Å². The first kappa shape index (κ1) is 59.8. The average Bonchev–Trinajstić information content (AvgIpc) is 1.54. The van der Waals surface area contributed by atoms with Crippen LogP contribution < -0.4 is 32.4 Å². The van der Waals surface area contributed by atoms with E-state index < -0.39 is 146 Å². The Morgan fingerprint density at radius 2 is 0.878 bits per heavy atom. The van der Waals surface area contributed by atoms with Crippen LogP contribution in [0.1, 0.15) is 15.9 Å². The number of carbonyl (C=O) groups is 1. The fourth-order valence-electron chi connectivity index (χ4n) is 6.99. The third-order valence-corrected chi connectivity index (χ3v) is 16.1. The molecule has 0 bridgehead atoms. The van der Waals surface area contributed by atoms with Crippen LogP contribution in [0.4, 0.5) is 69.3 Å². The van der Waals surface area contributed by atoms with Crippen LogP contribution in [0.3, 0.4) is 0 Å². The van der Waals surface area contributed by atoms with Crippen molar-refractivity contribution in [3.8, 4) is 0 Å². The van der Waals surface area contributed by atoms with Gasteiger partial charge in [-0.1, -0.05) is 0 Å². The largest absolute Gasteiger partial charge is 0.396 e. The van der Waals surface area contributed by atoms with Crippen LogP contribution in [-0.4, -0.2) is 119 Å². The van der Waals surface area contributed by atoms with Crippen molar-refractivity contribution >= 4 is 171 Å². The normalized spacial score (nSPS) is 13.8. The number of nitrogen functional groups attached to an aromatic ring is 1. The van der Waals surface area contributed by atoms with Crippen molar-refractivity contribution in [2.75, 3.05) is 32.4 Å². The molecule has 428 valence electrons. The molecule has 8 rings (SSSR count). The average molecular weight is 1290 g/mol. The van der Waals surface area contributed by atoms with Gasteiger partial charge in [0.15, 0.2) is 5.71 Å². The number of aromatic nitrogens is 6. The Labute approximate surface area is 470 Å². The molecule has 42 heteroatoms. The summed E-state index contributed by atoms with van der Waals surface area (Å²) < 4.78 is 207. The van der Waals surface area contributed by atoms with Gasteiger partial charge in [-0.05, 0) is 126 Å². The van der Waals surface area contributed by atoms with E-state index in [1.165, 1.54) is 24.3 Å². The number of hydrazone groups is 1. The lowest BCUT2D eigenvalue weighted by Crippen LogP contribution is -2.28. The van der Waals surface area contributed by atoms with Crippen LogP contribution in [0.5, 0.6) is 0 Å². The second-order valence-electron chi connectivity index (χ2n) is 16.0. The highest BCUT2D eigenvalue weighted by Crippen LogP contribution is 2.42. The molecule has 1 aliphatic rings.